The molecule has 0 aromatic rings. The van der Waals surface area contributed by atoms with Crippen LogP contribution in [0.3, 0.4) is 0 Å². The van der Waals surface area contributed by atoms with Gasteiger partial charge in [-0.3, -0.25) is 0 Å². The Kier molecular flexibility index (Phi) is 1.89. The molecule has 0 aliphatic carbocycles. The fourth-order valence-corrected chi connectivity index (χ4v) is 0.978. The predicted molar refractivity (Wildman–Crippen MR) is 39.0 cm³/mol. The fourth-order valence-electron chi connectivity index (χ4n) is 0.978. The molecule has 1 fully saturated rings. The van der Waals surface area contributed by atoms with Crippen molar-refractivity contribution in [2.45, 2.75) is 5.60 Å². The number of cyclic esters (lactones) is 1. The van der Waals surface area contributed by atoms with Crippen molar-refractivity contribution in [1.29, 1.82) is 0 Å². The SMILES string of the molecule is C=C1C(=O)OC1(CN)C(=O)OC. The zero-order valence-corrected chi connectivity index (χ0v) is 6.62. The third-order valence-corrected chi connectivity index (χ3v) is 1.80. The number of carbonyl (C=O) groups excluding carboxylic acids is 2. The van der Waals surface area contributed by atoms with Crippen LogP contribution in [0.1, 0.15) is 0 Å². The largest absolute Gasteiger partial charge is 0.466 e. The van der Waals surface area contributed by atoms with Crippen LogP contribution in [-0.2, 0) is 19.1 Å². The predicted octanol–water partition coefficient (Wildman–Crippen LogP) is -1.03. The van der Waals surface area contributed by atoms with Crippen LogP contribution in [0.15, 0.2) is 12.2 Å². The van der Waals surface area contributed by atoms with Gasteiger partial charge < -0.3 is 15.2 Å². The number of carbonyl (C=O) groups is 2. The van der Waals surface area contributed by atoms with Gasteiger partial charge in [-0.15, -0.1) is 0 Å². The molecule has 1 rings (SSSR count). The molecule has 0 saturated carbocycles. The number of methoxy groups -OCH3 is 1. The highest BCUT2D eigenvalue weighted by Crippen LogP contribution is 2.32. The van der Waals surface area contributed by atoms with Gasteiger partial charge in [-0.2, -0.15) is 0 Å². The van der Waals surface area contributed by atoms with Crippen LogP contribution in [0.4, 0.5) is 0 Å². The molecule has 0 aromatic carbocycles. The maximum absolute atomic E-state index is 11.1. The molecular formula is C7H9NO4. The molecule has 1 aliphatic heterocycles. The summed E-state index contributed by atoms with van der Waals surface area (Å²) < 4.78 is 9.01. The Balaban J connectivity index is 2.87. The molecule has 5 nitrogen and oxygen atoms in total. The first kappa shape index (κ1) is 8.73. The maximum Gasteiger partial charge on any atom is 0.356 e. The summed E-state index contributed by atoms with van der Waals surface area (Å²) in [5.41, 5.74) is 3.89. The third-order valence-electron chi connectivity index (χ3n) is 1.80. The summed E-state index contributed by atoms with van der Waals surface area (Å²) in [7, 11) is 1.19. The molecule has 0 bridgehead atoms. The fraction of sp³-hybridized carbons (Fsp3) is 0.429. The van der Waals surface area contributed by atoms with Crippen LogP contribution < -0.4 is 5.73 Å². The second kappa shape index (κ2) is 2.60. The van der Waals surface area contributed by atoms with E-state index in [9.17, 15) is 9.59 Å². The first-order valence-corrected chi connectivity index (χ1v) is 3.29. The topological polar surface area (TPSA) is 78.6 Å². The van der Waals surface area contributed by atoms with Crippen molar-refractivity contribution in [2.75, 3.05) is 13.7 Å². The molecule has 1 atom stereocenters. The summed E-state index contributed by atoms with van der Waals surface area (Å²) in [5, 5.41) is 0. The molecular weight excluding hydrogens is 162 g/mol. The highest BCUT2D eigenvalue weighted by Gasteiger charge is 2.57. The van der Waals surface area contributed by atoms with Gasteiger partial charge in [0, 0.05) is 6.54 Å². The molecule has 0 aromatic heterocycles. The summed E-state index contributed by atoms with van der Waals surface area (Å²) in [6.07, 6.45) is 0. The summed E-state index contributed by atoms with van der Waals surface area (Å²) in [6, 6.07) is 0. The lowest BCUT2D eigenvalue weighted by Crippen LogP contribution is -2.61. The van der Waals surface area contributed by atoms with Gasteiger partial charge in [0.2, 0.25) is 0 Å². The first-order chi connectivity index (χ1) is 5.58. The van der Waals surface area contributed by atoms with Crippen molar-refractivity contribution in [3.8, 4) is 0 Å². The van der Waals surface area contributed by atoms with E-state index in [1.165, 1.54) is 7.11 Å². The van der Waals surface area contributed by atoms with E-state index in [-0.39, 0.29) is 12.1 Å². The van der Waals surface area contributed by atoms with Gasteiger partial charge in [0.25, 0.3) is 5.60 Å². The molecule has 66 valence electrons. The highest BCUT2D eigenvalue weighted by atomic mass is 16.6. The smallest absolute Gasteiger partial charge is 0.356 e. The van der Waals surface area contributed by atoms with Crippen molar-refractivity contribution in [1.82, 2.24) is 0 Å². The van der Waals surface area contributed by atoms with Gasteiger partial charge in [-0.1, -0.05) is 6.58 Å². The number of nitrogens with two attached hydrogens (primary N) is 1. The number of rotatable bonds is 2. The van der Waals surface area contributed by atoms with E-state index < -0.39 is 17.5 Å². The first-order valence-electron chi connectivity index (χ1n) is 3.29. The van der Waals surface area contributed by atoms with Crippen molar-refractivity contribution in [2.24, 2.45) is 5.73 Å². The number of ether oxygens (including phenoxy) is 2. The lowest BCUT2D eigenvalue weighted by atomic mass is 9.89. The third kappa shape index (κ3) is 0.831. The zero-order chi connectivity index (χ0) is 9.35. The van der Waals surface area contributed by atoms with Crippen LogP contribution in [0.5, 0.6) is 0 Å². The minimum atomic E-state index is -1.42. The molecule has 12 heavy (non-hydrogen) atoms. The molecule has 1 aliphatic rings. The van der Waals surface area contributed by atoms with Gasteiger partial charge in [-0.25, -0.2) is 9.59 Å². The van der Waals surface area contributed by atoms with Crippen LogP contribution in [0, 0.1) is 0 Å². The van der Waals surface area contributed by atoms with E-state index in [0.29, 0.717) is 0 Å². The molecule has 1 saturated heterocycles. The average Bonchev–Trinajstić information content (AvgIpc) is 2.11. The van der Waals surface area contributed by atoms with Crippen LogP contribution >= 0.6 is 0 Å². The van der Waals surface area contributed by atoms with Gasteiger partial charge >= 0.3 is 11.9 Å². The Morgan fingerprint density at radius 2 is 2.42 bits per heavy atom. The van der Waals surface area contributed by atoms with Crippen LogP contribution in [-0.4, -0.2) is 31.2 Å². The minimum absolute atomic E-state index is 0.0526. The molecule has 0 spiro atoms. The van der Waals surface area contributed by atoms with E-state index in [1.54, 1.807) is 0 Å². The van der Waals surface area contributed by atoms with E-state index in [0.717, 1.165) is 0 Å². The molecule has 2 N–H and O–H groups in total. The second-order valence-corrected chi connectivity index (χ2v) is 2.39. The zero-order valence-electron chi connectivity index (χ0n) is 6.62. The number of hydrogen-bond donors (Lipinski definition) is 1. The van der Waals surface area contributed by atoms with Gasteiger partial charge in [-0.05, 0) is 0 Å². The Bertz CT molecular complexity index is 260. The minimum Gasteiger partial charge on any atom is -0.466 e. The number of esters is 2. The highest BCUT2D eigenvalue weighted by molar-refractivity contribution is 6.07. The van der Waals surface area contributed by atoms with Crippen molar-refractivity contribution in [3.05, 3.63) is 12.2 Å². The summed E-state index contributed by atoms with van der Waals surface area (Å²) in [4.78, 5) is 21.7. The van der Waals surface area contributed by atoms with Crippen molar-refractivity contribution >= 4 is 11.9 Å². The van der Waals surface area contributed by atoms with Crippen molar-refractivity contribution in [3.63, 3.8) is 0 Å². The van der Waals surface area contributed by atoms with Gasteiger partial charge in [0.15, 0.2) is 0 Å². The van der Waals surface area contributed by atoms with Crippen LogP contribution in [0.2, 0.25) is 0 Å². The lowest BCUT2D eigenvalue weighted by molar-refractivity contribution is -0.188. The van der Waals surface area contributed by atoms with Gasteiger partial charge in [0.05, 0.1) is 12.7 Å². The molecule has 0 amide bonds. The Morgan fingerprint density at radius 3 is 2.67 bits per heavy atom. The van der Waals surface area contributed by atoms with E-state index in [4.69, 9.17) is 5.73 Å². The van der Waals surface area contributed by atoms with Gasteiger partial charge in [0.1, 0.15) is 0 Å². The Labute approximate surface area is 69.1 Å². The molecule has 0 radical (unpaired) electrons. The van der Waals surface area contributed by atoms with E-state index >= 15 is 0 Å². The average molecular weight is 171 g/mol. The summed E-state index contributed by atoms with van der Waals surface area (Å²) >= 11 is 0. The van der Waals surface area contributed by atoms with E-state index in [2.05, 4.69) is 16.1 Å². The lowest BCUT2D eigenvalue weighted by Gasteiger charge is -2.38. The maximum atomic E-state index is 11.1. The number of hydrogen-bond acceptors (Lipinski definition) is 5. The quantitative estimate of drug-likeness (QED) is 0.424. The second-order valence-electron chi connectivity index (χ2n) is 2.39. The molecule has 1 unspecified atom stereocenters. The standard InChI is InChI=1S/C7H9NO4/c1-4-5(9)12-7(4,3-8)6(10)11-2/h1,3,8H2,2H3. The summed E-state index contributed by atoms with van der Waals surface area (Å²) in [5.74, 6) is -1.29. The van der Waals surface area contributed by atoms with Crippen molar-refractivity contribution < 1.29 is 19.1 Å². The Morgan fingerprint density at radius 1 is 1.83 bits per heavy atom. The Hall–Kier alpha value is -1.36. The normalized spacial score (nSPS) is 27.5. The van der Waals surface area contributed by atoms with E-state index in [1.807, 2.05) is 0 Å². The molecule has 5 heteroatoms. The molecule has 1 heterocycles. The van der Waals surface area contributed by atoms with Crippen LogP contribution in [0.25, 0.3) is 0 Å². The summed E-state index contributed by atoms with van der Waals surface area (Å²) in [6.45, 7) is 3.24. The monoisotopic (exact) mass is 171 g/mol.